The van der Waals surface area contributed by atoms with Crippen LogP contribution in [-0.4, -0.2) is 41.1 Å². The third-order valence-corrected chi connectivity index (χ3v) is 6.04. The number of methoxy groups -OCH3 is 2. The van der Waals surface area contributed by atoms with Crippen LogP contribution in [0.3, 0.4) is 0 Å². The van der Waals surface area contributed by atoms with E-state index < -0.39 is 16.1 Å². The maximum Gasteiger partial charge on any atom is 0.244 e. The van der Waals surface area contributed by atoms with Gasteiger partial charge in [-0.3, -0.25) is 4.79 Å². The first-order valence-corrected chi connectivity index (χ1v) is 10.0. The fourth-order valence-electron chi connectivity index (χ4n) is 2.93. The van der Waals surface area contributed by atoms with Crippen molar-refractivity contribution in [3.8, 4) is 11.5 Å². The van der Waals surface area contributed by atoms with Crippen LogP contribution < -0.4 is 19.1 Å². The van der Waals surface area contributed by atoms with Crippen LogP contribution in [-0.2, 0) is 14.8 Å². The van der Waals surface area contributed by atoms with E-state index in [2.05, 4.69) is 4.72 Å². The van der Waals surface area contributed by atoms with E-state index in [9.17, 15) is 13.2 Å². The Balaban J connectivity index is 1.81. The zero-order chi connectivity index (χ0) is 19.6. The molecule has 1 saturated heterocycles. The topological polar surface area (TPSA) is 84.9 Å². The second kappa shape index (κ2) is 7.75. The molecule has 1 amide bonds. The first-order chi connectivity index (χ1) is 12.8. The lowest BCUT2D eigenvalue weighted by Gasteiger charge is -2.18. The lowest BCUT2D eigenvalue weighted by Crippen LogP contribution is -2.37. The third kappa shape index (κ3) is 4.18. The first-order valence-electron chi connectivity index (χ1n) is 8.14. The number of sulfonamides is 1. The number of nitrogens with one attached hydrogen (secondary N) is 1. The summed E-state index contributed by atoms with van der Waals surface area (Å²) in [6, 6.07) is 10.8. The minimum absolute atomic E-state index is 0.0401. The maximum atomic E-state index is 12.8. The number of amides is 1. The van der Waals surface area contributed by atoms with Crippen LogP contribution in [0.5, 0.6) is 11.5 Å². The van der Waals surface area contributed by atoms with Gasteiger partial charge in [-0.2, -0.15) is 0 Å². The van der Waals surface area contributed by atoms with E-state index in [4.69, 9.17) is 21.1 Å². The van der Waals surface area contributed by atoms with Gasteiger partial charge in [-0.05, 0) is 36.4 Å². The van der Waals surface area contributed by atoms with Gasteiger partial charge < -0.3 is 14.4 Å². The van der Waals surface area contributed by atoms with Crippen molar-refractivity contribution >= 4 is 33.2 Å². The summed E-state index contributed by atoms with van der Waals surface area (Å²) in [6.45, 7) is 0.228. The molecule has 1 fully saturated rings. The smallest absolute Gasteiger partial charge is 0.244 e. The molecule has 0 aromatic heterocycles. The lowest BCUT2D eigenvalue weighted by atomic mass is 10.3. The maximum absolute atomic E-state index is 12.8. The Kier molecular flexibility index (Phi) is 5.59. The lowest BCUT2D eigenvalue weighted by molar-refractivity contribution is -0.117. The Morgan fingerprint density at radius 2 is 1.81 bits per heavy atom. The largest absolute Gasteiger partial charge is 0.497 e. The van der Waals surface area contributed by atoms with Gasteiger partial charge in [-0.1, -0.05) is 11.6 Å². The molecule has 0 bridgehead atoms. The van der Waals surface area contributed by atoms with Crippen molar-refractivity contribution in [2.75, 3.05) is 25.7 Å². The van der Waals surface area contributed by atoms with Crippen LogP contribution in [0.15, 0.2) is 47.4 Å². The van der Waals surface area contributed by atoms with Gasteiger partial charge in [-0.25, -0.2) is 13.1 Å². The summed E-state index contributed by atoms with van der Waals surface area (Å²) < 4.78 is 38.5. The molecule has 2 aromatic rings. The highest BCUT2D eigenvalue weighted by Gasteiger charge is 2.34. The van der Waals surface area contributed by atoms with Crippen molar-refractivity contribution in [1.82, 2.24) is 4.72 Å². The number of carbonyl (C=O) groups excluding carboxylic acids is 1. The van der Waals surface area contributed by atoms with Crippen LogP contribution in [0, 0.1) is 0 Å². The molecule has 1 unspecified atom stereocenters. The van der Waals surface area contributed by atoms with Crippen LogP contribution in [0.4, 0.5) is 5.69 Å². The van der Waals surface area contributed by atoms with Crippen LogP contribution in [0.25, 0.3) is 0 Å². The number of benzene rings is 2. The molecule has 1 N–H and O–H groups in total. The molecule has 7 nitrogen and oxygen atoms in total. The summed E-state index contributed by atoms with van der Waals surface area (Å²) in [7, 11) is -1.07. The number of rotatable bonds is 6. The minimum Gasteiger partial charge on any atom is -0.497 e. The summed E-state index contributed by atoms with van der Waals surface area (Å²) in [6.07, 6.45) is 0.0636. The summed E-state index contributed by atoms with van der Waals surface area (Å²) in [4.78, 5) is 13.8. The Morgan fingerprint density at radius 3 is 2.44 bits per heavy atom. The Hall–Kier alpha value is -2.29. The molecule has 0 saturated carbocycles. The highest BCUT2D eigenvalue weighted by molar-refractivity contribution is 7.89. The molecule has 9 heteroatoms. The van der Waals surface area contributed by atoms with E-state index in [1.165, 1.54) is 31.3 Å². The van der Waals surface area contributed by atoms with Gasteiger partial charge >= 0.3 is 0 Å². The summed E-state index contributed by atoms with van der Waals surface area (Å²) in [5, 5.41) is 0.563. The fourth-order valence-corrected chi connectivity index (χ4v) is 4.47. The van der Waals surface area contributed by atoms with Gasteiger partial charge in [0.25, 0.3) is 0 Å². The van der Waals surface area contributed by atoms with Crippen molar-refractivity contribution in [1.29, 1.82) is 0 Å². The van der Waals surface area contributed by atoms with Gasteiger partial charge in [0.05, 0.1) is 14.2 Å². The zero-order valence-corrected chi connectivity index (χ0v) is 16.4. The Bertz CT molecular complexity index is 947. The Labute approximate surface area is 162 Å². The molecule has 1 aliphatic heterocycles. The number of hydrogen-bond acceptors (Lipinski definition) is 5. The van der Waals surface area contributed by atoms with Crippen LogP contribution in [0.2, 0.25) is 5.02 Å². The van der Waals surface area contributed by atoms with E-state index in [1.807, 2.05) is 0 Å². The fraction of sp³-hybridized carbons (Fsp3) is 0.278. The van der Waals surface area contributed by atoms with Gasteiger partial charge in [0.15, 0.2) is 0 Å². The van der Waals surface area contributed by atoms with Gasteiger partial charge in [0.2, 0.25) is 15.9 Å². The van der Waals surface area contributed by atoms with Crippen molar-refractivity contribution in [2.24, 2.45) is 0 Å². The molecular weight excluding hydrogens is 392 g/mol. The normalized spacial score (nSPS) is 17.2. The van der Waals surface area contributed by atoms with Crippen molar-refractivity contribution in [3.05, 3.63) is 47.5 Å². The predicted molar refractivity (Wildman–Crippen MR) is 102 cm³/mol. The standard InChI is InChI=1S/C18H19ClN2O5S/c1-25-15-7-8-16(26-2)17(10-15)27(23,24)20-13-9-18(22)21(11-13)14-5-3-12(19)4-6-14/h3-8,10,13,20H,9,11H2,1-2H3. The minimum atomic E-state index is -3.91. The summed E-state index contributed by atoms with van der Waals surface area (Å²) in [5.41, 5.74) is 0.671. The van der Waals surface area contributed by atoms with Crippen LogP contribution >= 0.6 is 11.6 Å². The Morgan fingerprint density at radius 1 is 1.11 bits per heavy atom. The number of carbonyl (C=O) groups is 1. The molecule has 1 heterocycles. The van der Waals surface area contributed by atoms with Gasteiger partial charge in [0.1, 0.15) is 16.4 Å². The highest BCUT2D eigenvalue weighted by Crippen LogP contribution is 2.29. The van der Waals surface area contributed by atoms with Crippen molar-refractivity contribution in [3.63, 3.8) is 0 Å². The number of halogens is 1. The molecule has 27 heavy (non-hydrogen) atoms. The van der Waals surface area contributed by atoms with E-state index in [1.54, 1.807) is 30.3 Å². The second-order valence-electron chi connectivity index (χ2n) is 6.02. The average molecular weight is 411 g/mol. The van der Waals surface area contributed by atoms with Crippen molar-refractivity contribution < 1.29 is 22.7 Å². The predicted octanol–water partition coefficient (Wildman–Crippen LogP) is 2.44. The quantitative estimate of drug-likeness (QED) is 0.790. The summed E-state index contributed by atoms with van der Waals surface area (Å²) in [5.74, 6) is 0.422. The number of anilines is 1. The molecule has 0 aliphatic carbocycles. The number of nitrogens with zero attached hydrogens (tertiary/aromatic N) is 1. The second-order valence-corrected chi connectivity index (χ2v) is 8.14. The van der Waals surface area contributed by atoms with Crippen LogP contribution in [0.1, 0.15) is 6.42 Å². The highest BCUT2D eigenvalue weighted by atomic mass is 35.5. The number of ether oxygens (including phenoxy) is 2. The molecular formula is C18H19ClN2O5S. The van der Waals surface area contributed by atoms with Gasteiger partial charge in [0, 0.05) is 35.8 Å². The molecule has 0 radical (unpaired) electrons. The molecule has 1 aliphatic rings. The third-order valence-electron chi connectivity index (χ3n) is 4.25. The molecule has 3 rings (SSSR count). The zero-order valence-electron chi connectivity index (χ0n) is 14.8. The monoisotopic (exact) mass is 410 g/mol. The first kappa shape index (κ1) is 19.5. The molecule has 0 spiro atoms. The average Bonchev–Trinajstić information content (AvgIpc) is 3.01. The van der Waals surface area contributed by atoms with E-state index in [-0.39, 0.29) is 29.5 Å². The molecule has 1 atom stereocenters. The SMILES string of the molecule is COc1ccc(OC)c(S(=O)(=O)NC2CC(=O)N(c3ccc(Cl)cc3)C2)c1. The number of hydrogen-bond donors (Lipinski definition) is 1. The van der Waals surface area contributed by atoms with Gasteiger partial charge in [-0.15, -0.1) is 0 Å². The summed E-state index contributed by atoms with van der Waals surface area (Å²) >= 11 is 5.87. The van der Waals surface area contributed by atoms with E-state index in [0.717, 1.165) is 0 Å². The van der Waals surface area contributed by atoms with Crippen molar-refractivity contribution in [2.45, 2.75) is 17.4 Å². The van der Waals surface area contributed by atoms with E-state index in [0.29, 0.717) is 16.5 Å². The molecule has 2 aromatic carbocycles. The molecule has 144 valence electrons. The van der Waals surface area contributed by atoms with E-state index >= 15 is 0 Å².